The number of hydrogen-bond acceptors (Lipinski definition) is 2. The molecule has 1 aromatic heterocycles. The van der Waals surface area contributed by atoms with Crippen LogP contribution in [0, 0.1) is 0 Å². The molecule has 2 aromatic rings. The van der Waals surface area contributed by atoms with Gasteiger partial charge in [-0.15, -0.1) is 0 Å². The van der Waals surface area contributed by atoms with Gasteiger partial charge in [-0.2, -0.15) is 0 Å². The summed E-state index contributed by atoms with van der Waals surface area (Å²) in [7, 11) is 0. The summed E-state index contributed by atoms with van der Waals surface area (Å²) < 4.78 is 0. The second-order valence-corrected chi connectivity index (χ2v) is 5.31. The zero-order valence-corrected chi connectivity index (χ0v) is 10.9. The van der Waals surface area contributed by atoms with Gasteiger partial charge < -0.3 is 10.7 Å². The van der Waals surface area contributed by atoms with Crippen LogP contribution in [0.5, 0.6) is 0 Å². The van der Waals surface area contributed by atoms with Crippen molar-refractivity contribution in [1.29, 1.82) is 0 Å². The Balaban J connectivity index is 1.73. The first-order valence-electron chi connectivity index (χ1n) is 6.80. The third-order valence-corrected chi connectivity index (χ3v) is 4.03. The number of H-pyrrole nitrogens is 1. The number of nitrogens with zero attached hydrogens (tertiary/aromatic N) is 1. The normalized spacial score (nSPS) is 17.9. The van der Waals surface area contributed by atoms with Crippen molar-refractivity contribution in [2.75, 3.05) is 19.6 Å². The summed E-state index contributed by atoms with van der Waals surface area (Å²) in [5.41, 5.74) is 7.86. The standard InChI is InChI=1S/C15H19N3O/c16-15(19)10-18-7-5-11(6-8-18)13-9-17-14-4-2-1-3-12(13)14/h1-4,9,11,17H,5-8,10H2,(H2,16,19). The van der Waals surface area contributed by atoms with Crippen LogP contribution in [0.25, 0.3) is 10.9 Å². The van der Waals surface area contributed by atoms with Gasteiger partial charge in [0.05, 0.1) is 6.54 Å². The molecule has 0 saturated carbocycles. The molecule has 1 fully saturated rings. The first kappa shape index (κ1) is 12.2. The highest BCUT2D eigenvalue weighted by Gasteiger charge is 2.23. The fourth-order valence-corrected chi connectivity index (χ4v) is 3.05. The van der Waals surface area contributed by atoms with E-state index in [1.807, 2.05) is 0 Å². The van der Waals surface area contributed by atoms with Crippen molar-refractivity contribution in [3.8, 4) is 0 Å². The summed E-state index contributed by atoms with van der Waals surface area (Å²) in [6.07, 6.45) is 4.32. The van der Waals surface area contributed by atoms with E-state index in [1.165, 1.54) is 16.5 Å². The quantitative estimate of drug-likeness (QED) is 0.881. The fourth-order valence-electron chi connectivity index (χ4n) is 3.05. The summed E-state index contributed by atoms with van der Waals surface area (Å²) in [4.78, 5) is 16.4. The van der Waals surface area contributed by atoms with Gasteiger partial charge in [0, 0.05) is 17.1 Å². The number of aromatic nitrogens is 1. The van der Waals surface area contributed by atoms with Gasteiger partial charge in [-0.3, -0.25) is 9.69 Å². The molecule has 1 saturated heterocycles. The van der Waals surface area contributed by atoms with Crippen molar-refractivity contribution in [3.63, 3.8) is 0 Å². The lowest BCUT2D eigenvalue weighted by molar-refractivity contribution is -0.119. The number of amides is 1. The van der Waals surface area contributed by atoms with Crippen LogP contribution in [0.2, 0.25) is 0 Å². The molecule has 19 heavy (non-hydrogen) atoms. The zero-order valence-electron chi connectivity index (χ0n) is 10.9. The first-order valence-corrected chi connectivity index (χ1v) is 6.80. The Bertz CT molecular complexity index is 582. The third-order valence-electron chi connectivity index (χ3n) is 4.03. The van der Waals surface area contributed by atoms with Crippen LogP contribution in [-0.2, 0) is 4.79 Å². The number of primary amides is 1. The maximum absolute atomic E-state index is 10.9. The van der Waals surface area contributed by atoms with Crippen molar-refractivity contribution in [2.24, 2.45) is 5.73 Å². The highest BCUT2D eigenvalue weighted by molar-refractivity contribution is 5.83. The molecule has 0 bridgehead atoms. The maximum Gasteiger partial charge on any atom is 0.231 e. The van der Waals surface area contributed by atoms with Crippen molar-refractivity contribution >= 4 is 16.8 Å². The van der Waals surface area contributed by atoms with Crippen LogP contribution in [0.1, 0.15) is 24.3 Å². The van der Waals surface area contributed by atoms with Crippen LogP contribution >= 0.6 is 0 Å². The van der Waals surface area contributed by atoms with Gasteiger partial charge in [-0.1, -0.05) is 18.2 Å². The lowest BCUT2D eigenvalue weighted by Gasteiger charge is -2.30. The van der Waals surface area contributed by atoms with E-state index in [9.17, 15) is 4.79 Å². The minimum Gasteiger partial charge on any atom is -0.369 e. The summed E-state index contributed by atoms with van der Waals surface area (Å²) in [5.74, 6) is 0.353. The maximum atomic E-state index is 10.9. The number of nitrogens with two attached hydrogens (primary N) is 1. The monoisotopic (exact) mass is 257 g/mol. The molecule has 1 aliphatic heterocycles. The summed E-state index contributed by atoms with van der Waals surface area (Å²) in [5, 5.41) is 1.33. The van der Waals surface area contributed by atoms with E-state index in [2.05, 4.69) is 40.3 Å². The molecule has 1 aliphatic rings. The van der Waals surface area contributed by atoms with Gasteiger partial charge >= 0.3 is 0 Å². The Morgan fingerprint density at radius 3 is 2.79 bits per heavy atom. The lowest BCUT2D eigenvalue weighted by atomic mass is 9.89. The topological polar surface area (TPSA) is 62.1 Å². The molecule has 3 rings (SSSR count). The summed E-state index contributed by atoms with van der Waals surface area (Å²) in [6.45, 7) is 2.29. The number of para-hydroxylation sites is 1. The molecule has 1 aromatic carbocycles. The highest BCUT2D eigenvalue weighted by Crippen LogP contribution is 2.32. The second kappa shape index (κ2) is 5.05. The van der Waals surface area contributed by atoms with Crippen LogP contribution in [0.3, 0.4) is 0 Å². The molecule has 0 unspecified atom stereocenters. The third kappa shape index (κ3) is 2.49. The molecule has 0 aliphatic carbocycles. The molecule has 4 heteroatoms. The predicted molar refractivity (Wildman–Crippen MR) is 75.9 cm³/mol. The molecular weight excluding hydrogens is 238 g/mol. The van der Waals surface area contributed by atoms with E-state index in [0.29, 0.717) is 12.5 Å². The number of nitrogens with one attached hydrogen (secondary N) is 1. The van der Waals surface area contributed by atoms with Crippen LogP contribution < -0.4 is 5.73 Å². The number of fused-ring (bicyclic) bond motifs is 1. The SMILES string of the molecule is NC(=O)CN1CCC(c2c[nH]c3ccccc23)CC1. The molecule has 0 radical (unpaired) electrons. The molecule has 2 heterocycles. The number of hydrogen-bond donors (Lipinski definition) is 2. The van der Waals surface area contributed by atoms with E-state index >= 15 is 0 Å². The van der Waals surface area contributed by atoms with E-state index in [-0.39, 0.29) is 5.91 Å². The minimum atomic E-state index is -0.231. The number of carbonyl (C=O) groups is 1. The summed E-state index contributed by atoms with van der Waals surface area (Å²) in [6, 6.07) is 8.43. The molecular formula is C15H19N3O. The smallest absolute Gasteiger partial charge is 0.231 e. The average molecular weight is 257 g/mol. The number of benzene rings is 1. The van der Waals surface area contributed by atoms with Crippen molar-refractivity contribution in [2.45, 2.75) is 18.8 Å². The molecule has 1 amide bonds. The minimum absolute atomic E-state index is 0.231. The second-order valence-electron chi connectivity index (χ2n) is 5.31. The first-order chi connectivity index (χ1) is 9.24. The van der Waals surface area contributed by atoms with Crippen molar-refractivity contribution in [1.82, 2.24) is 9.88 Å². The predicted octanol–water partition coefficient (Wildman–Crippen LogP) is 1.83. The Morgan fingerprint density at radius 2 is 2.05 bits per heavy atom. The number of carbonyl (C=O) groups excluding carboxylic acids is 1. The van der Waals surface area contributed by atoms with E-state index < -0.39 is 0 Å². The van der Waals surface area contributed by atoms with Gasteiger partial charge in [0.25, 0.3) is 0 Å². The summed E-state index contributed by atoms with van der Waals surface area (Å²) >= 11 is 0. The molecule has 3 N–H and O–H groups in total. The zero-order chi connectivity index (χ0) is 13.2. The van der Waals surface area contributed by atoms with Crippen molar-refractivity contribution < 1.29 is 4.79 Å². The number of likely N-dealkylation sites (tertiary alicyclic amines) is 1. The van der Waals surface area contributed by atoms with Gasteiger partial charge in [-0.05, 0) is 43.5 Å². The Labute approximate surface area is 112 Å². The Kier molecular flexibility index (Phi) is 3.25. The van der Waals surface area contributed by atoms with E-state index in [1.54, 1.807) is 0 Å². The van der Waals surface area contributed by atoms with Crippen LogP contribution in [-0.4, -0.2) is 35.4 Å². The van der Waals surface area contributed by atoms with Gasteiger partial charge in [0.1, 0.15) is 0 Å². The Morgan fingerprint density at radius 1 is 1.32 bits per heavy atom. The molecule has 100 valence electrons. The average Bonchev–Trinajstić information content (AvgIpc) is 2.83. The lowest BCUT2D eigenvalue weighted by Crippen LogP contribution is -2.39. The Hall–Kier alpha value is -1.81. The van der Waals surface area contributed by atoms with Gasteiger partial charge in [0.2, 0.25) is 5.91 Å². The van der Waals surface area contributed by atoms with E-state index in [0.717, 1.165) is 25.9 Å². The van der Waals surface area contributed by atoms with Crippen LogP contribution in [0.15, 0.2) is 30.5 Å². The number of aromatic amines is 1. The van der Waals surface area contributed by atoms with Crippen LogP contribution in [0.4, 0.5) is 0 Å². The van der Waals surface area contributed by atoms with Gasteiger partial charge in [0.15, 0.2) is 0 Å². The van der Waals surface area contributed by atoms with Crippen molar-refractivity contribution in [3.05, 3.63) is 36.0 Å². The molecule has 0 spiro atoms. The fraction of sp³-hybridized carbons (Fsp3) is 0.400. The highest BCUT2D eigenvalue weighted by atomic mass is 16.1. The van der Waals surface area contributed by atoms with E-state index in [4.69, 9.17) is 5.73 Å². The van der Waals surface area contributed by atoms with Gasteiger partial charge in [-0.25, -0.2) is 0 Å². The molecule has 0 atom stereocenters. The number of piperidine rings is 1. The molecule has 4 nitrogen and oxygen atoms in total. The largest absolute Gasteiger partial charge is 0.369 e. The number of rotatable bonds is 3.